The van der Waals surface area contributed by atoms with Gasteiger partial charge in [0.1, 0.15) is 0 Å². The second-order valence-electron chi connectivity index (χ2n) is 18.2. The summed E-state index contributed by atoms with van der Waals surface area (Å²) in [6, 6.07) is 85.0. The van der Waals surface area contributed by atoms with Crippen LogP contribution in [0.3, 0.4) is 0 Å². The number of anilines is 2. The molecule has 2 bridgehead atoms. The maximum Gasteiger partial charge on any atom is 0.0910 e. The van der Waals surface area contributed by atoms with Crippen LogP contribution in [0.15, 0.2) is 231 Å². The Morgan fingerprint density at radius 1 is 0.254 bits per heavy atom. The molecule has 67 heavy (non-hydrogen) atoms. The first-order chi connectivity index (χ1) is 33.2. The van der Waals surface area contributed by atoms with E-state index < -0.39 is 0 Å². The monoisotopic (exact) mass is 856 g/mol. The standard InChI is InChI=1S/C63H44N4/c1-3-11-42(12-4-1)44-19-23-46(24-20-44)48-27-31-62-56(37-48)54-15-7-9-17-60(54)66(62)52-29-33-58-50(35-52)39-64-41-65(58)40-51-36-53(30-34-59(51)64)67-61-18-10-8-16-55(61)57-38-49(28-32-63(57)67)47-25-21-45(22-26-47)43-13-5-2-6-14-43/h1-38H,39-41H2. The molecule has 4 heteroatoms. The van der Waals surface area contributed by atoms with Crippen LogP contribution in [0.25, 0.3) is 99.5 Å². The van der Waals surface area contributed by atoms with Crippen molar-refractivity contribution in [2.24, 2.45) is 0 Å². The van der Waals surface area contributed by atoms with Crippen LogP contribution in [-0.2, 0) is 13.1 Å². The third-order valence-electron chi connectivity index (χ3n) is 14.4. The number of fused-ring (bicyclic) bond motifs is 12. The summed E-state index contributed by atoms with van der Waals surface area (Å²) in [6.45, 7) is 2.60. The van der Waals surface area contributed by atoms with Gasteiger partial charge in [0.2, 0.25) is 0 Å². The van der Waals surface area contributed by atoms with Crippen molar-refractivity contribution in [2.75, 3.05) is 16.5 Å². The highest BCUT2D eigenvalue weighted by molar-refractivity contribution is 6.11. The van der Waals surface area contributed by atoms with Gasteiger partial charge < -0.3 is 18.9 Å². The molecular formula is C63H44N4. The summed E-state index contributed by atoms with van der Waals surface area (Å²) in [4.78, 5) is 5.11. The minimum Gasteiger partial charge on any atom is -0.349 e. The minimum absolute atomic E-state index is 0.858. The highest BCUT2D eigenvalue weighted by Crippen LogP contribution is 2.43. The number of hydrogen-bond donors (Lipinski definition) is 0. The van der Waals surface area contributed by atoms with Crippen LogP contribution in [0.2, 0.25) is 0 Å². The lowest BCUT2D eigenvalue weighted by Crippen LogP contribution is -2.46. The second kappa shape index (κ2) is 15.0. The summed E-state index contributed by atoms with van der Waals surface area (Å²) in [5.74, 6) is 0. The van der Waals surface area contributed by atoms with Crippen molar-refractivity contribution in [2.45, 2.75) is 13.1 Å². The van der Waals surface area contributed by atoms with E-state index in [0.717, 1.165) is 19.8 Å². The smallest absolute Gasteiger partial charge is 0.0910 e. The van der Waals surface area contributed by atoms with Crippen LogP contribution in [0, 0.1) is 0 Å². The molecule has 12 aromatic rings. The molecule has 4 nitrogen and oxygen atoms in total. The molecule has 0 atom stereocenters. The van der Waals surface area contributed by atoms with Crippen molar-refractivity contribution in [1.29, 1.82) is 0 Å². The third kappa shape index (κ3) is 6.14. The minimum atomic E-state index is 0.858. The summed E-state index contributed by atoms with van der Waals surface area (Å²) in [6.07, 6.45) is 0. The summed E-state index contributed by atoms with van der Waals surface area (Å²) in [5.41, 5.74) is 22.5. The van der Waals surface area contributed by atoms with Crippen molar-refractivity contribution in [1.82, 2.24) is 9.13 Å². The predicted molar refractivity (Wildman–Crippen MR) is 281 cm³/mol. The molecule has 2 aliphatic rings. The number of rotatable bonds is 6. The van der Waals surface area contributed by atoms with Crippen LogP contribution in [0.1, 0.15) is 11.1 Å². The second-order valence-corrected chi connectivity index (χ2v) is 18.2. The van der Waals surface area contributed by atoms with Gasteiger partial charge in [0.05, 0.1) is 28.7 Å². The molecule has 2 aromatic heterocycles. The van der Waals surface area contributed by atoms with E-state index in [1.807, 2.05) is 0 Å². The van der Waals surface area contributed by atoms with Crippen molar-refractivity contribution in [3.8, 4) is 55.9 Å². The van der Waals surface area contributed by atoms with Gasteiger partial charge in [-0.3, -0.25) is 0 Å². The number of nitrogens with zero attached hydrogens (tertiary/aromatic N) is 4. The topological polar surface area (TPSA) is 16.3 Å². The van der Waals surface area contributed by atoms with Gasteiger partial charge in [-0.05, 0) is 128 Å². The molecule has 0 spiro atoms. The zero-order chi connectivity index (χ0) is 44.0. The fraction of sp³-hybridized carbons (Fsp3) is 0.0476. The Balaban J connectivity index is 0.783. The fourth-order valence-corrected chi connectivity index (χ4v) is 11.2. The van der Waals surface area contributed by atoms with Gasteiger partial charge in [0.25, 0.3) is 0 Å². The van der Waals surface area contributed by atoms with Crippen LogP contribution in [-0.4, -0.2) is 15.8 Å². The molecule has 0 saturated carbocycles. The lowest BCUT2D eigenvalue weighted by molar-refractivity contribution is 0.650. The van der Waals surface area contributed by atoms with Crippen LogP contribution < -0.4 is 9.80 Å². The van der Waals surface area contributed by atoms with Crippen molar-refractivity contribution < 1.29 is 0 Å². The van der Waals surface area contributed by atoms with Crippen molar-refractivity contribution >= 4 is 55.0 Å². The average molecular weight is 857 g/mol. The molecule has 10 aromatic carbocycles. The number of hydrogen-bond acceptors (Lipinski definition) is 2. The Bertz CT molecular complexity index is 3620. The Morgan fingerprint density at radius 2 is 0.597 bits per heavy atom. The van der Waals surface area contributed by atoms with Crippen LogP contribution in [0.5, 0.6) is 0 Å². The Morgan fingerprint density at radius 3 is 1.03 bits per heavy atom. The zero-order valence-corrected chi connectivity index (χ0v) is 36.8. The summed E-state index contributed by atoms with van der Waals surface area (Å²) in [7, 11) is 0. The molecule has 0 saturated heterocycles. The lowest BCUT2D eigenvalue weighted by Gasteiger charge is -2.45. The van der Waals surface area contributed by atoms with E-state index in [0.29, 0.717) is 0 Å². The molecule has 14 rings (SSSR count). The Kier molecular flexibility index (Phi) is 8.44. The molecule has 0 radical (unpaired) electrons. The maximum absolute atomic E-state index is 2.55. The SMILES string of the molecule is c1ccc(-c2ccc(-c3ccc4c(c3)c3ccccc3n4-c3ccc4c(c3)CN3CN4Cc4cc(-n5c6ccccc6c6cc(-c7ccc(-c8ccccc8)cc7)ccc65)ccc43)cc2)cc1. The molecule has 316 valence electrons. The molecule has 0 aliphatic carbocycles. The first kappa shape index (κ1) is 37.7. The van der Waals surface area contributed by atoms with Crippen LogP contribution >= 0.6 is 0 Å². The van der Waals surface area contributed by atoms with Crippen molar-refractivity contribution in [3.05, 3.63) is 242 Å². The highest BCUT2D eigenvalue weighted by Gasteiger charge is 2.30. The van der Waals surface area contributed by atoms with Gasteiger partial charge in [-0.25, -0.2) is 0 Å². The highest BCUT2D eigenvalue weighted by atomic mass is 15.4. The molecule has 0 amide bonds. The molecule has 0 fully saturated rings. The normalized spacial score (nSPS) is 13.1. The molecule has 0 N–H and O–H groups in total. The van der Waals surface area contributed by atoms with E-state index in [9.17, 15) is 0 Å². The lowest BCUT2D eigenvalue weighted by atomic mass is 9.99. The zero-order valence-electron chi connectivity index (χ0n) is 36.8. The molecule has 4 heterocycles. The quantitative estimate of drug-likeness (QED) is 0.166. The molecule has 2 aliphatic heterocycles. The first-order valence-electron chi connectivity index (χ1n) is 23.3. The average Bonchev–Trinajstić information content (AvgIpc) is 3.91. The summed E-state index contributed by atoms with van der Waals surface area (Å²) in [5, 5.41) is 5.07. The van der Waals surface area contributed by atoms with E-state index >= 15 is 0 Å². The van der Waals surface area contributed by atoms with Gasteiger partial charge in [-0.1, -0.05) is 158 Å². The van der Waals surface area contributed by atoms with Crippen LogP contribution in [0.4, 0.5) is 11.4 Å². The molecular weight excluding hydrogens is 813 g/mol. The largest absolute Gasteiger partial charge is 0.349 e. The summed E-state index contributed by atoms with van der Waals surface area (Å²) >= 11 is 0. The van der Waals surface area contributed by atoms with Gasteiger partial charge in [-0.2, -0.15) is 0 Å². The van der Waals surface area contributed by atoms with Gasteiger partial charge in [0.15, 0.2) is 0 Å². The maximum atomic E-state index is 2.55. The Labute approximate surface area is 389 Å². The van der Waals surface area contributed by atoms with Gasteiger partial charge in [-0.15, -0.1) is 0 Å². The van der Waals surface area contributed by atoms with E-state index in [-0.39, 0.29) is 0 Å². The number of benzene rings is 10. The van der Waals surface area contributed by atoms with Crippen molar-refractivity contribution in [3.63, 3.8) is 0 Å². The van der Waals surface area contributed by atoms with E-state index in [2.05, 4.69) is 249 Å². The number of aromatic nitrogens is 2. The summed E-state index contributed by atoms with van der Waals surface area (Å²) < 4.78 is 4.91. The van der Waals surface area contributed by atoms with Gasteiger partial charge in [0, 0.05) is 57.4 Å². The number of para-hydroxylation sites is 2. The molecule has 0 unspecified atom stereocenters. The predicted octanol–water partition coefficient (Wildman–Crippen LogP) is 15.8. The van der Waals surface area contributed by atoms with E-state index in [1.165, 1.54) is 122 Å². The third-order valence-corrected chi connectivity index (χ3v) is 14.4. The fourth-order valence-electron chi connectivity index (χ4n) is 11.2. The van der Waals surface area contributed by atoms with E-state index in [1.54, 1.807) is 0 Å². The Hall–Kier alpha value is -8.60. The van der Waals surface area contributed by atoms with Gasteiger partial charge >= 0.3 is 0 Å². The first-order valence-corrected chi connectivity index (χ1v) is 23.3. The van der Waals surface area contributed by atoms with E-state index in [4.69, 9.17) is 0 Å².